The molecule has 0 spiro atoms. The van der Waals surface area contributed by atoms with Crippen LogP contribution in [0.25, 0.3) is 0 Å². The van der Waals surface area contributed by atoms with E-state index in [9.17, 15) is 13.2 Å². The van der Waals surface area contributed by atoms with E-state index in [2.05, 4.69) is 0 Å². The summed E-state index contributed by atoms with van der Waals surface area (Å²) in [6, 6.07) is 16.2. The quantitative estimate of drug-likeness (QED) is 0.795. The van der Waals surface area contributed by atoms with Crippen LogP contribution < -0.4 is 0 Å². The maximum absolute atomic E-state index is 13.0. The van der Waals surface area contributed by atoms with Gasteiger partial charge < -0.3 is 4.90 Å². The van der Waals surface area contributed by atoms with Crippen LogP contribution in [-0.2, 0) is 16.4 Å². The number of sulfone groups is 1. The summed E-state index contributed by atoms with van der Waals surface area (Å²) in [5.74, 6) is 0.437. The van der Waals surface area contributed by atoms with Gasteiger partial charge in [0.2, 0.25) is 0 Å². The second kappa shape index (κ2) is 7.40. The minimum absolute atomic E-state index is 0.110. The molecule has 2 aromatic rings. The zero-order chi connectivity index (χ0) is 17.9. The highest BCUT2D eigenvalue weighted by atomic mass is 32.2. The highest BCUT2D eigenvalue weighted by molar-refractivity contribution is 7.90. The first-order valence-corrected chi connectivity index (χ1v) is 10.5. The fourth-order valence-corrected chi connectivity index (χ4v) is 3.72. The Balaban J connectivity index is 1.85. The zero-order valence-electron chi connectivity index (χ0n) is 14.4. The minimum Gasteiger partial charge on any atom is -0.334 e. The van der Waals surface area contributed by atoms with E-state index in [4.69, 9.17) is 0 Å². The molecule has 0 saturated heterocycles. The van der Waals surface area contributed by atoms with Gasteiger partial charge in [-0.3, -0.25) is 4.79 Å². The molecule has 0 N–H and O–H groups in total. The normalized spacial score (nSPS) is 14.8. The standard InChI is InChI=1S/C20H23NO3S/c1-25(23,24)19-12-6-11-18(13-19)20(22)21(15-17-9-5-10-17)14-16-7-3-2-4-8-16/h2-4,6-8,11-13,17H,5,9-10,14-15H2,1H3. The van der Waals surface area contributed by atoms with Gasteiger partial charge in [0.1, 0.15) is 0 Å². The Morgan fingerprint density at radius 3 is 2.40 bits per heavy atom. The summed E-state index contributed by atoms with van der Waals surface area (Å²) in [6.07, 6.45) is 4.69. The topological polar surface area (TPSA) is 54.5 Å². The van der Waals surface area contributed by atoms with Crippen LogP contribution in [0.5, 0.6) is 0 Å². The molecule has 2 aromatic carbocycles. The zero-order valence-corrected chi connectivity index (χ0v) is 15.2. The highest BCUT2D eigenvalue weighted by Gasteiger charge is 2.25. The summed E-state index contributed by atoms with van der Waals surface area (Å²) in [5.41, 5.74) is 1.51. The smallest absolute Gasteiger partial charge is 0.254 e. The lowest BCUT2D eigenvalue weighted by Crippen LogP contribution is -2.37. The number of hydrogen-bond donors (Lipinski definition) is 0. The van der Waals surface area contributed by atoms with Crippen molar-refractivity contribution in [2.24, 2.45) is 5.92 Å². The van der Waals surface area contributed by atoms with E-state index in [0.717, 1.165) is 31.2 Å². The molecule has 1 aliphatic carbocycles. The molecular weight excluding hydrogens is 334 g/mol. The Hall–Kier alpha value is -2.14. The SMILES string of the molecule is CS(=O)(=O)c1cccc(C(=O)N(Cc2ccccc2)CC2CCC2)c1. The van der Waals surface area contributed by atoms with Crippen LogP contribution in [0.3, 0.4) is 0 Å². The van der Waals surface area contributed by atoms with Gasteiger partial charge in [-0.05, 0) is 42.5 Å². The van der Waals surface area contributed by atoms with Gasteiger partial charge in [0, 0.05) is 24.9 Å². The number of amides is 1. The number of benzene rings is 2. The van der Waals surface area contributed by atoms with Gasteiger partial charge in [0.25, 0.3) is 5.91 Å². The lowest BCUT2D eigenvalue weighted by Gasteiger charge is -2.32. The maximum Gasteiger partial charge on any atom is 0.254 e. The molecule has 1 fully saturated rings. The minimum atomic E-state index is -3.33. The van der Waals surface area contributed by atoms with Gasteiger partial charge in [-0.25, -0.2) is 8.42 Å². The van der Waals surface area contributed by atoms with E-state index >= 15 is 0 Å². The maximum atomic E-state index is 13.0. The molecule has 0 radical (unpaired) electrons. The second-order valence-corrected chi connectivity index (χ2v) is 8.78. The first-order valence-electron chi connectivity index (χ1n) is 8.57. The molecule has 0 atom stereocenters. The van der Waals surface area contributed by atoms with Crippen LogP contribution in [0.15, 0.2) is 59.5 Å². The molecule has 0 aliphatic heterocycles. The lowest BCUT2D eigenvalue weighted by molar-refractivity contribution is 0.0679. The largest absolute Gasteiger partial charge is 0.334 e. The molecule has 25 heavy (non-hydrogen) atoms. The van der Waals surface area contributed by atoms with E-state index in [-0.39, 0.29) is 10.8 Å². The van der Waals surface area contributed by atoms with Gasteiger partial charge in [-0.15, -0.1) is 0 Å². The van der Waals surface area contributed by atoms with E-state index in [1.807, 2.05) is 35.2 Å². The van der Waals surface area contributed by atoms with Crippen LogP contribution in [0.2, 0.25) is 0 Å². The van der Waals surface area contributed by atoms with Crippen LogP contribution in [-0.4, -0.2) is 32.0 Å². The van der Waals surface area contributed by atoms with E-state index < -0.39 is 9.84 Å². The van der Waals surface area contributed by atoms with Crippen molar-refractivity contribution in [1.29, 1.82) is 0 Å². The lowest BCUT2D eigenvalue weighted by atomic mass is 9.85. The van der Waals surface area contributed by atoms with E-state index in [1.54, 1.807) is 12.1 Å². The van der Waals surface area contributed by atoms with E-state index in [0.29, 0.717) is 18.0 Å². The summed E-state index contributed by atoms with van der Waals surface area (Å²) in [5, 5.41) is 0. The first kappa shape index (κ1) is 17.7. The molecule has 5 heteroatoms. The Labute approximate surface area is 149 Å². The first-order chi connectivity index (χ1) is 11.9. The second-order valence-electron chi connectivity index (χ2n) is 6.77. The third-order valence-corrected chi connectivity index (χ3v) is 5.83. The van der Waals surface area contributed by atoms with Crippen molar-refractivity contribution in [1.82, 2.24) is 4.90 Å². The molecule has 1 saturated carbocycles. The van der Waals surface area contributed by atoms with Crippen molar-refractivity contribution in [2.45, 2.75) is 30.7 Å². The van der Waals surface area contributed by atoms with Gasteiger partial charge in [0.15, 0.2) is 9.84 Å². The summed E-state index contributed by atoms with van der Waals surface area (Å²) < 4.78 is 23.6. The highest BCUT2D eigenvalue weighted by Crippen LogP contribution is 2.28. The number of carbonyl (C=O) groups is 1. The van der Waals surface area contributed by atoms with E-state index in [1.165, 1.54) is 18.6 Å². The molecule has 4 nitrogen and oxygen atoms in total. The number of hydrogen-bond acceptors (Lipinski definition) is 3. The van der Waals surface area contributed by atoms with Crippen molar-refractivity contribution in [3.05, 3.63) is 65.7 Å². The number of carbonyl (C=O) groups excluding carboxylic acids is 1. The van der Waals surface area contributed by atoms with Crippen molar-refractivity contribution in [2.75, 3.05) is 12.8 Å². The Morgan fingerprint density at radius 1 is 1.08 bits per heavy atom. The third kappa shape index (κ3) is 4.48. The van der Waals surface area contributed by atoms with Crippen LogP contribution >= 0.6 is 0 Å². The average molecular weight is 357 g/mol. The van der Waals surface area contributed by atoms with Gasteiger partial charge in [-0.1, -0.05) is 42.8 Å². The van der Waals surface area contributed by atoms with Crippen LogP contribution in [0.1, 0.15) is 35.2 Å². The Bertz CT molecular complexity index is 842. The molecule has 3 rings (SSSR count). The third-order valence-electron chi connectivity index (χ3n) is 4.72. The summed E-state index contributed by atoms with van der Waals surface area (Å²) in [7, 11) is -3.33. The summed E-state index contributed by atoms with van der Waals surface area (Å²) in [4.78, 5) is 15.1. The van der Waals surface area contributed by atoms with Gasteiger partial charge in [-0.2, -0.15) is 0 Å². The molecular formula is C20H23NO3S. The molecule has 0 bridgehead atoms. The number of rotatable bonds is 6. The molecule has 0 unspecified atom stereocenters. The average Bonchev–Trinajstić information content (AvgIpc) is 2.56. The van der Waals surface area contributed by atoms with Crippen molar-refractivity contribution in [3.63, 3.8) is 0 Å². The Kier molecular flexibility index (Phi) is 5.23. The predicted octanol–water partition coefficient (Wildman–Crippen LogP) is 3.53. The number of nitrogens with zero attached hydrogens (tertiary/aromatic N) is 1. The van der Waals surface area contributed by atoms with Gasteiger partial charge in [0.05, 0.1) is 4.90 Å². The van der Waals surface area contributed by atoms with Crippen molar-refractivity contribution >= 4 is 15.7 Å². The van der Waals surface area contributed by atoms with Crippen molar-refractivity contribution in [3.8, 4) is 0 Å². The molecule has 0 heterocycles. The molecule has 0 aromatic heterocycles. The van der Waals surface area contributed by atoms with Crippen LogP contribution in [0.4, 0.5) is 0 Å². The summed E-state index contributed by atoms with van der Waals surface area (Å²) in [6.45, 7) is 1.26. The monoisotopic (exact) mass is 357 g/mol. The molecule has 1 aliphatic rings. The Morgan fingerprint density at radius 2 is 1.80 bits per heavy atom. The fourth-order valence-electron chi connectivity index (χ4n) is 3.05. The van der Waals surface area contributed by atoms with Gasteiger partial charge >= 0.3 is 0 Å². The fraction of sp³-hybridized carbons (Fsp3) is 0.350. The van der Waals surface area contributed by atoms with Crippen molar-refractivity contribution < 1.29 is 13.2 Å². The summed E-state index contributed by atoms with van der Waals surface area (Å²) >= 11 is 0. The predicted molar refractivity (Wildman–Crippen MR) is 98.1 cm³/mol. The molecule has 132 valence electrons. The molecule has 1 amide bonds. The van der Waals surface area contributed by atoms with Crippen LogP contribution in [0, 0.1) is 5.92 Å².